The summed E-state index contributed by atoms with van der Waals surface area (Å²) in [4.78, 5) is 32.1. The molecular weight excluding hydrogens is 660 g/mol. The first kappa shape index (κ1) is 32.3. The minimum atomic E-state index is -1.17. The van der Waals surface area contributed by atoms with Crippen molar-refractivity contribution >= 4 is 11.6 Å². The summed E-state index contributed by atoms with van der Waals surface area (Å²) < 4.78 is 13.1. The van der Waals surface area contributed by atoms with Crippen molar-refractivity contribution in [1.29, 1.82) is 0 Å². The van der Waals surface area contributed by atoms with Crippen LogP contribution in [-0.2, 0) is 33.3 Å². The highest BCUT2D eigenvalue weighted by molar-refractivity contribution is 5.94. The van der Waals surface area contributed by atoms with Gasteiger partial charge in [-0.25, -0.2) is 0 Å². The SMILES string of the molecule is C[C@@H]1Cc2cc(-c3cc4c5c(c3O)OC3C(=O)CC[C@@]6(O)[C@@H](C4)N(CC4CC4)CC[C@]536)c(O)c3c2[C@@]2(CCN(C)CC4CC4)C(O3)C(=O)CC[C@@]12O. The highest BCUT2D eigenvalue weighted by atomic mass is 16.5. The van der Waals surface area contributed by atoms with Crippen LogP contribution < -0.4 is 9.47 Å². The number of ketones is 2. The van der Waals surface area contributed by atoms with E-state index in [1.54, 1.807) is 0 Å². The van der Waals surface area contributed by atoms with E-state index in [0.717, 1.165) is 41.9 Å². The number of phenols is 2. The predicted molar refractivity (Wildman–Crippen MR) is 190 cm³/mol. The standard InChI is InChI=1S/C42H50N2O8/c1-21-15-24-16-26(33(47)35-31(24)39(11-13-43(2)19-22-3-4-22)37(51-35)28(45)7-9-41(21,39)49)27-17-25-18-30-42(50)10-8-29(46)38-40(42,32(25)36(52-38)34(27)48)12-14-44(30)20-23-5-6-23/h16-17,21-23,30,37-38,47-50H,3-15,18-20H2,1-2H3/t21-,30-,37?,38?,39+,40+,41-,42-/m1/s1. The Kier molecular flexibility index (Phi) is 6.40. The Morgan fingerprint density at radius 2 is 1.44 bits per heavy atom. The van der Waals surface area contributed by atoms with E-state index >= 15 is 0 Å². The molecule has 8 atom stereocenters. The van der Waals surface area contributed by atoms with Crippen LogP contribution in [0, 0.1) is 17.8 Å². The van der Waals surface area contributed by atoms with E-state index in [2.05, 4.69) is 23.8 Å². The van der Waals surface area contributed by atoms with Gasteiger partial charge in [0.05, 0.1) is 22.0 Å². The molecule has 1 spiro atoms. The quantitative estimate of drug-likeness (QED) is 0.319. The van der Waals surface area contributed by atoms with Crippen molar-refractivity contribution in [3.05, 3.63) is 34.4 Å². The Morgan fingerprint density at radius 1 is 0.827 bits per heavy atom. The zero-order valence-corrected chi connectivity index (χ0v) is 30.2. The monoisotopic (exact) mass is 710 g/mol. The number of rotatable bonds is 8. The highest BCUT2D eigenvalue weighted by Crippen LogP contribution is 2.68. The smallest absolute Gasteiger partial charge is 0.174 e. The van der Waals surface area contributed by atoms with E-state index in [-0.39, 0.29) is 59.4 Å². The Bertz CT molecular complexity index is 1970. The van der Waals surface area contributed by atoms with E-state index in [1.165, 1.54) is 25.7 Å². The normalized spacial score (nSPS) is 39.3. The van der Waals surface area contributed by atoms with Gasteiger partial charge in [-0.05, 0) is 125 Å². The molecule has 3 heterocycles. The summed E-state index contributed by atoms with van der Waals surface area (Å²) in [6.45, 7) is 5.45. The number of likely N-dealkylation sites (tertiary alicyclic amines) is 1. The molecule has 0 radical (unpaired) electrons. The summed E-state index contributed by atoms with van der Waals surface area (Å²) in [6.07, 6.45) is 6.54. The topological polar surface area (TPSA) is 140 Å². The molecule has 1 saturated heterocycles. The minimum absolute atomic E-state index is 0.0379. The molecule has 11 rings (SSSR count). The molecule has 0 amide bonds. The van der Waals surface area contributed by atoms with Crippen LogP contribution >= 0.6 is 0 Å². The number of Topliss-reactive ketones (excluding diaryl/α,β-unsaturated/α-hetero) is 2. The Hall–Kier alpha value is -3.18. The fourth-order valence-corrected chi connectivity index (χ4v) is 12.9. The zero-order valence-electron chi connectivity index (χ0n) is 30.2. The summed E-state index contributed by atoms with van der Waals surface area (Å²) in [5.41, 5.74) is -0.0847. The summed E-state index contributed by atoms with van der Waals surface area (Å²) in [5.74, 6) is 1.27. The Morgan fingerprint density at radius 3 is 2.13 bits per heavy atom. The second kappa shape index (κ2) is 10.3. The third-order valence-corrected chi connectivity index (χ3v) is 15.7. The third kappa shape index (κ3) is 3.80. The van der Waals surface area contributed by atoms with Crippen LogP contribution in [0.2, 0.25) is 0 Å². The molecule has 4 N–H and O–H groups in total. The van der Waals surface area contributed by atoms with Crippen molar-refractivity contribution in [2.24, 2.45) is 17.8 Å². The largest absolute Gasteiger partial charge is 0.504 e. The maximum atomic E-state index is 13.8. The zero-order chi connectivity index (χ0) is 35.7. The van der Waals surface area contributed by atoms with Crippen LogP contribution in [0.15, 0.2) is 12.1 Å². The molecule has 0 aromatic heterocycles. The molecule has 2 bridgehead atoms. The molecule has 10 heteroatoms. The summed E-state index contributed by atoms with van der Waals surface area (Å²) in [5, 5.41) is 49.8. The summed E-state index contributed by atoms with van der Waals surface area (Å²) >= 11 is 0. The summed E-state index contributed by atoms with van der Waals surface area (Å²) in [6, 6.07) is 3.70. The number of phenolic OH excluding ortho intramolecular Hbond substituents is 2. The molecule has 3 aliphatic heterocycles. The maximum Gasteiger partial charge on any atom is 0.174 e. The number of hydrogen-bond acceptors (Lipinski definition) is 10. The van der Waals surface area contributed by atoms with Crippen LogP contribution in [0.4, 0.5) is 0 Å². The van der Waals surface area contributed by atoms with Crippen molar-refractivity contribution in [3.8, 4) is 34.1 Å². The van der Waals surface area contributed by atoms with Crippen molar-refractivity contribution in [3.63, 3.8) is 0 Å². The molecule has 9 aliphatic rings. The van der Waals surface area contributed by atoms with E-state index in [1.807, 2.05) is 12.1 Å². The number of benzene rings is 2. The first-order valence-corrected chi connectivity index (χ1v) is 20.0. The molecule has 52 heavy (non-hydrogen) atoms. The number of aromatic hydroxyl groups is 2. The summed E-state index contributed by atoms with van der Waals surface area (Å²) in [7, 11) is 2.11. The molecule has 6 aliphatic carbocycles. The lowest BCUT2D eigenvalue weighted by atomic mass is 9.48. The Balaban J connectivity index is 1.07. The van der Waals surface area contributed by atoms with Crippen molar-refractivity contribution in [1.82, 2.24) is 9.80 Å². The molecule has 276 valence electrons. The van der Waals surface area contributed by atoms with E-state index in [4.69, 9.17) is 9.47 Å². The number of nitrogens with zero attached hydrogens (tertiary/aromatic N) is 2. The van der Waals surface area contributed by atoms with Gasteiger partial charge in [-0.1, -0.05) is 6.92 Å². The van der Waals surface area contributed by atoms with Crippen LogP contribution in [0.3, 0.4) is 0 Å². The lowest BCUT2D eigenvalue weighted by Gasteiger charge is -2.62. The number of carbonyl (C=O) groups is 2. The average molecular weight is 711 g/mol. The van der Waals surface area contributed by atoms with E-state index in [9.17, 15) is 30.0 Å². The number of hydrogen-bond donors (Lipinski definition) is 4. The molecule has 2 unspecified atom stereocenters. The van der Waals surface area contributed by atoms with Gasteiger partial charge in [-0.3, -0.25) is 14.5 Å². The van der Waals surface area contributed by atoms with Gasteiger partial charge in [-0.2, -0.15) is 0 Å². The number of aliphatic hydroxyl groups is 2. The van der Waals surface area contributed by atoms with Crippen molar-refractivity contribution in [2.45, 2.75) is 124 Å². The Labute approximate surface area is 304 Å². The molecule has 10 nitrogen and oxygen atoms in total. The number of ether oxygens (including phenoxy) is 2. The van der Waals surface area contributed by atoms with Gasteiger partial charge in [0, 0.05) is 54.2 Å². The lowest BCUT2D eigenvalue weighted by Crippen LogP contribution is -2.76. The second-order valence-electron chi connectivity index (χ2n) is 18.5. The average Bonchev–Trinajstić information content (AvgIpc) is 4.04. The van der Waals surface area contributed by atoms with Gasteiger partial charge in [0.1, 0.15) is 0 Å². The van der Waals surface area contributed by atoms with Crippen LogP contribution in [0.25, 0.3) is 11.1 Å². The van der Waals surface area contributed by atoms with Gasteiger partial charge in [0.2, 0.25) is 0 Å². The van der Waals surface area contributed by atoms with Crippen molar-refractivity contribution < 1.29 is 39.5 Å². The van der Waals surface area contributed by atoms with Crippen molar-refractivity contribution in [2.75, 3.05) is 33.2 Å². The number of carbonyl (C=O) groups excluding carboxylic acids is 2. The van der Waals surface area contributed by atoms with Gasteiger partial charge in [0.25, 0.3) is 0 Å². The van der Waals surface area contributed by atoms with E-state index in [0.29, 0.717) is 68.0 Å². The predicted octanol–water partition coefficient (Wildman–Crippen LogP) is 3.91. The maximum absolute atomic E-state index is 13.8. The van der Waals surface area contributed by atoms with E-state index < -0.39 is 34.2 Å². The van der Waals surface area contributed by atoms with Gasteiger partial charge >= 0.3 is 0 Å². The third-order valence-electron chi connectivity index (χ3n) is 15.7. The van der Waals surface area contributed by atoms with Gasteiger partial charge in [0.15, 0.2) is 46.8 Å². The molecular formula is C42H50N2O8. The lowest BCUT2D eigenvalue weighted by molar-refractivity contribution is -0.188. The fraction of sp³-hybridized carbons (Fsp3) is 0.667. The fourth-order valence-electron chi connectivity index (χ4n) is 12.9. The van der Waals surface area contributed by atoms with Gasteiger partial charge in [-0.15, -0.1) is 0 Å². The molecule has 5 fully saturated rings. The highest BCUT2D eigenvalue weighted by Gasteiger charge is 2.74. The first-order chi connectivity index (χ1) is 24.9. The second-order valence-corrected chi connectivity index (χ2v) is 18.5. The minimum Gasteiger partial charge on any atom is -0.504 e. The van der Waals surface area contributed by atoms with Crippen LogP contribution in [0.1, 0.15) is 93.4 Å². The first-order valence-electron chi connectivity index (χ1n) is 20.0. The van der Waals surface area contributed by atoms with Crippen LogP contribution in [0.5, 0.6) is 23.0 Å². The molecule has 2 aromatic rings. The molecule has 2 aromatic carbocycles. The van der Waals surface area contributed by atoms with Crippen LogP contribution in [-0.4, -0.2) is 104 Å². The van der Waals surface area contributed by atoms with Gasteiger partial charge < -0.3 is 34.8 Å². The number of piperidine rings is 1. The molecule has 4 saturated carbocycles.